The highest BCUT2D eigenvalue weighted by Gasteiger charge is 2.14. The smallest absolute Gasteiger partial charge is 0.258 e. The van der Waals surface area contributed by atoms with Crippen molar-refractivity contribution in [3.05, 3.63) is 59.4 Å². The van der Waals surface area contributed by atoms with Gasteiger partial charge in [-0.25, -0.2) is 4.39 Å². The highest BCUT2D eigenvalue weighted by Crippen LogP contribution is 2.19. The molecule has 4 heteroatoms. The van der Waals surface area contributed by atoms with Crippen LogP contribution in [-0.2, 0) is 6.42 Å². The molecule has 0 saturated heterocycles. The summed E-state index contributed by atoms with van der Waals surface area (Å²) in [6.07, 6.45) is 0.946. The van der Waals surface area contributed by atoms with Gasteiger partial charge in [-0.2, -0.15) is 0 Å². The van der Waals surface area contributed by atoms with E-state index in [1.807, 2.05) is 24.3 Å². The molecule has 0 aliphatic carbocycles. The van der Waals surface area contributed by atoms with Crippen LogP contribution in [0.2, 0.25) is 0 Å². The van der Waals surface area contributed by atoms with E-state index in [-0.39, 0.29) is 17.2 Å². The highest BCUT2D eigenvalue weighted by molar-refractivity contribution is 6.05. The third-order valence-corrected chi connectivity index (χ3v) is 3.28. The molecule has 0 unspecified atom stereocenters. The number of amides is 1. The summed E-state index contributed by atoms with van der Waals surface area (Å²) in [5, 5.41) is 0. The number of halogens is 1. The molecule has 20 heavy (non-hydrogen) atoms. The molecule has 2 rings (SSSR count). The first-order valence-corrected chi connectivity index (χ1v) is 6.45. The molecule has 0 atom stereocenters. The van der Waals surface area contributed by atoms with E-state index in [0.717, 1.165) is 18.2 Å². The topological polar surface area (TPSA) is 46.3 Å². The van der Waals surface area contributed by atoms with Crippen molar-refractivity contribution < 1.29 is 9.18 Å². The molecule has 0 aromatic heterocycles. The number of carbonyl (C=O) groups is 1. The van der Waals surface area contributed by atoms with E-state index in [2.05, 4.69) is 6.92 Å². The minimum atomic E-state index is -0.578. The molecule has 0 radical (unpaired) electrons. The Morgan fingerprint density at radius 1 is 1.20 bits per heavy atom. The molecule has 0 aliphatic heterocycles. The van der Waals surface area contributed by atoms with Gasteiger partial charge in [-0.1, -0.05) is 19.1 Å². The number of benzene rings is 2. The number of anilines is 2. The Kier molecular flexibility index (Phi) is 4.03. The standard InChI is InChI=1S/C16H17FN2O/c1-3-11-4-7-13(8-5-11)19(2)16(20)12-6-9-15(18)14(17)10-12/h4-10H,3,18H2,1-2H3. The number of rotatable bonds is 3. The van der Waals surface area contributed by atoms with Crippen LogP contribution >= 0.6 is 0 Å². The molecule has 0 spiro atoms. The lowest BCUT2D eigenvalue weighted by molar-refractivity contribution is 0.0992. The Morgan fingerprint density at radius 3 is 2.40 bits per heavy atom. The zero-order valence-electron chi connectivity index (χ0n) is 11.6. The van der Waals surface area contributed by atoms with Crippen molar-refractivity contribution >= 4 is 17.3 Å². The maximum Gasteiger partial charge on any atom is 0.258 e. The molecular formula is C16H17FN2O. The SMILES string of the molecule is CCc1ccc(N(C)C(=O)c2ccc(N)c(F)c2)cc1. The lowest BCUT2D eigenvalue weighted by Crippen LogP contribution is -2.26. The minimum absolute atomic E-state index is 0.0384. The van der Waals surface area contributed by atoms with Crippen LogP contribution in [0.5, 0.6) is 0 Å². The number of nitrogens with two attached hydrogens (primary N) is 1. The lowest BCUT2D eigenvalue weighted by atomic mass is 10.1. The maximum atomic E-state index is 13.4. The van der Waals surface area contributed by atoms with Crippen molar-refractivity contribution in [1.29, 1.82) is 0 Å². The first-order valence-electron chi connectivity index (χ1n) is 6.45. The van der Waals surface area contributed by atoms with Crippen molar-refractivity contribution in [3.8, 4) is 0 Å². The molecule has 104 valence electrons. The van der Waals surface area contributed by atoms with Crippen LogP contribution in [0.3, 0.4) is 0 Å². The molecule has 0 aliphatic rings. The van der Waals surface area contributed by atoms with Crippen molar-refractivity contribution in [2.24, 2.45) is 0 Å². The molecule has 0 heterocycles. The van der Waals surface area contributed by atoms with Crippen molar-refractivity contribution in [2.75, 3.05) is 17.7 Å². The molecule has 3 nitrogen and oxygen atoms in total. The summed E-state index contributed by atoms with van der Waals surface area (Å²) in [5.74, 6) is -0.848. The fourth-order valence-corrected chi connectivity index (χ4v) is 1.93. The summed E-state index contributed by atoms with van der Waals surface area (Å²) < 4.78 is 13.4. The van der Waals surface area contributed by atoms with Gasteiger partial charge in [0.2, 0.25) is 0 Å². The van der Waals surface area contributed by atoms with Crippen LogP contribution in [0.25, 0.3) is 0 Å². The summed E-state index contributed by atoms with van der Waals surface area (Å²) in [4.78, 5) is 13.8. The first-order chi connectivity index (χ1) is 9.52. The summed E-state index contributed by atoms with van der Waals surface area (Å²) in [6, 6.07) is 11.8. The van der Waals surface area contributed by atoms with Gasteiger partial charge in [0.15, 0.2) is 0 Å². The maximum absolute atomic E-state index is 13.4. The van der Waals surface area contributed by atoms with E-state index in [1.54, 1.807) is 7.05 Å². The monoisotopic (exact) mass is 272 g/mol. The second-order valence-electron chi connectivity index (χ2n) is 4.62. The number of hydrogen-bond donors (Lipinski definition) is 1. The minimum Gasteiger partial charge on any atom is -0.396 e. The van der Waals surface area contributed by atoms with E-state index in [0.29, 0.717) is 0 Å². The van der Waals surface area contributed by atoms with Gasteiger partial charge in [0, 0.05) is 18.3 Å². The van der Waals surface area contributed by atoms with Gasteiger partial charge in [0.05, 0.1) is 5.69 Å². The Labute approximate surface area is 117 Å². The van der Waals surface area contributed by atoms with Gasteiger partial charge < -0.3 is 10.6 Å². The van der Waals surface area contributed by atoms with E-state index >= 15 is 0 Å². The quantitative estimate of drug-likeness (QED) is 0.872. The lowest BCUT2D eigenvalue weighted by Gasteiger charge is -2.18. The normalized spacial score (nSPS) is 10.3. The van der Waals surface area contributed by atoms with E-state index < -0.39 is 5.82 Å². The van der Waals surface area contributed by atoms with E-state index in [9.17, 15) is 9.18 Å². The van der Waals surface area contributed by atoms with Crippen LogP contribution in [-0.4, -0.2) is 13.0 Å². The fraction of sp³-hybridized carbons (Fsp3) is 0.188. The van der Waals surface area contributed by atoms with Crippen LogP contribution < -0.4 is 10.6 Å². The summed E-state index contributed by atoms with van der Waals surface area (Å²) in [5.41, 5.74) is 7.69. The summed E-state index contributed by atoms with van der Waals surface area (Å²) >= 11 is 0. The van der Waals surface area contributed by atoms with Gasteiger partial charge in [-0.05, 0) is 42.3 Å². The van der Waals surface area contributed by atoms with Gasteiger partial charge in [-0.15, -0.1) is 0 Å². The first kappa shape index (κ1) is 14.1. The third kappa shape index (κ3) is 2.79. The van der Waals surface area contributed by atoms with Gasteiger partial charge in [-0.3, -0.25) is 4.79 Å². The molecule has 2 aromatic carbocycles. The van der Waals surface area contributed by atoms with Crippen molar-refractivity contribution in [2.45, 2.75) is 13.3 Å². The van der Waals surface area contributed by atoms with Crippen molar-refractivity contribution in [1.82, 2.24) is 0 Å². The van der Waals surface area contributed by atoms with Gasteiger partial charge in [0.25, 0.3) is 5.91 Å². The zero-order chi connectivity index (χ0) is 14.7. The molecule has 1 amide bonds. The van der Waals surface area contributed by atoms with Crippen LogP contribution in [0, 0.1) is 5.82 Å². The predicted octanol–water partition coefficient (Wildman–Crippen LogP) is 3.25. The number of nitrogen functional groups attached to an aromatic ring is 1. The predicted molar refractivity (Wildman–Crippen MR) is 79.4 cm³/mol. The number of aryl methyl sites for hydroxylation is 1. The zero-order valence-corrected chi connectivity index (χ0v) is 11.6. The van der Waals surface area contributed by atoms with Crippen LogP contribution in [0.15, 0.2) is 42.5 Å². The Morgan fingerprint density at radius 2 is 1.85 bits per heavy atom. The number of hydrogen-bond acceptors (Lipinski definition) is 2. The fourth-order valence-electron chi connectivity index (χ4n) is 1.93. The van der Waals surface area contributed by atoms with E-state index in [4.69, 9.17) is 5.73 Å². The Bertz CT molecular complexity index is 623. The second-order valence-corrected chi connectivity index (χ2v) is 4.62. The molecule has 2 aromatic rings. The molecule has 0 bridgehead atoms. The Hall–Kier alpha value is -2.36. The van der Waals surface area contributed by atoms with Gasteiger partial charge in [0.1, 0.15) is 5.82 Å². The number of nitrogens with zero attached hydrogens (tertiary/aromatic N) is 1. The third-order valence-electron chi connectivity index (χ3n) is 3.28. The molecule has 0 saturated carbocycles. The molecule has 2 N–H and O–H groups in total. The molecular weight excluding hydrogens is 255 g/mol. The average Bonchev–Trinajstić information content (AvgIpc) is 2.48. The van der Waals surface area contributed by atoms with Crippen LogP contribution in [0.1, 0.15) is 22.8 Å². The van der Waals surface area contributed by atoms with Crippen molar-refractivity contribution in [3.63, 3.8) is 0 Å². The number of carbonyl (C=O) groups excluding carboxylic acids is 1. The largest absolute Gasteiger partial charge is 0.396 e. The highest BCUT2D eigenvalue weighted by atomic mass is 19.1. The summed E-state index contributed by atoms with van der Waals surface area (Å²) in [7, 11) is 1.66. The average molecular weight is 272 g/mol. The molecule has 0 fully saturated rings. The van der Waals surface area contributed by atoms with Gasteiger partial charge >= 0.3 is 0 Å². The second kappa shape index (κ2) is 5.74. The Balaban J connectivity index is 2.24. The van der Waals surface area contributed by atoms with Crippen LogP contribution in [0.4, 0.5) is 15.8 Å². The van der Waals surface area contributed by atoms with E-state index in [1.165, 1.54) is 22.6 Å². The summed E-state index contributed by atoms with van der Waals surface area (Å²) in [6.45, 7) is 2.07.